The molecule has 2 aliphatic rings. The molecule has 1 saturated heterocycles. The van der Waals surface area contributed by atoms with Crippen LogP contribution in [0.2, 0.25) is 5.02 Å². The topological polar surface area (TPSA) is 22.3 Å². The lowest BCUT2D eigenvalue weighted by Gasteiger charge is -2.39. The average molecular weight is 380 g/mol. The third kappa shape index (κ3) is 3.35. The third-order valence-electron chi connectivity index (χ3n) is 6.49. The molecule has 0 amide bonds. The summed E-state index contributed by atoms with van der Waals surface area (Å²) >= 11 is 6.02. The number of anilines is 1. The molecule has 2 unspecified atom stereocenters. The monoisotopic (exact) mass is 379 g/mol. The molecular formula is C23H26ClN3. The summed E-state index contributed by atoms with van der Waals surface area (Å²) in [5.41, 5.74) is 4.09. The molecule has 27 heavy (non-hydrogen) atoms. The maximum atomic E-state index is 6.02. The van der Waals surface area contributed by atoms with Gasteiger partial charge < -0.3 is 9.88 Å². The molecular weight excluding hydrogens is 354 g/mol. The smallest absolute Gasteiger partial charge is 0.0456 e. The van der Waals surface area contributed by atoms with Gasteiger partial charge in [0, 0.05) is 60.0 Å². The van der Waals surface area contributed by atoms with Crippen LogP contribution in [-0.2, 0) is 0 Å². The number of piperazine rings is 1. The molecule has 0 bridgehead atoms. The van der Waals surface area contributed by atoms with Crippen LogP contribution in [0, 0.1) is 0 Å². The van der Waals surface area contributed by atoms with Gasteiger partial charge in [-0.1, -0.05) is 29.8 Å². The highest BCUT2D eigenvalue weighted by Gasteiger charge is 2.32. The SMILES string of the molecule is Clc1ccc(N2CCN(C3CCC(c4c[nH]c5ccccc45)C3)CC2)cc1. The molecule has 2 fully saturated rings. The Bertz CT molecular complexity index is 909. The molecule has 3 aromatic rings. The number of rotatable bonds is 3. The number of nitrogens with zero attached hydrogens (tertiary/aromatic N) is 2. The summed E-state index contributed by atoms with van der Waals surface area (Å²) in [5, 5.41) is 2.22. The molecule has 2 atom stereocenters. The van der Waals surface area contributed by atoms with Crippen LogP contribution in [0.4, 0.5) is 5.69 Å². The van der Waals surface area contributed by atoms with E-state index in [1.807, 2.05) is 12.1 Å². The number of halogens is 1. The van der Waals surface area contributed by atoms with Gasteiger partial charge in [-0.3, -0.25) is 4.90 Å². The van der Waals surface area contributed by atoms with E-state index in [2.05, 4.69) is 57.4 Å². The Balaban J connectivity index is 1.22. The molecule has 0 radical (unpaired) electrons. The predicted molar refractivity (Wildman–Crippen MR) is 114 cm³/mol. The highest BCUT2D eigenvalue weighted by molar-refractivity contribution is 6.30. The quantitative estimate of drug-likeness (QED) is 0.668. The van der Waals surface area contributed by atoms with Gasteiger partial charge in [0.05, 0.1) is 0 Å². The standard InChI is InChI=1S/C23H26ClN3/c24-18-6-9-19(10-7-18)26-11-13-27(14-12-26)20-8-5-17(15-20)22-16-25-23-4-2-1-3-21(22)23/h1-4,6-7,9-10,16-17,20,25H,5,8,11-15H2. The average Bonchev–Trinajstić information content (AvgIpc) is 3.36. The first-order valence-corrected chi connectivity index (χ1v) is 10.5. The van der Waals surface area contributed by atoms with Crippen molar-refractivity contribution in [1.29, 1.82) is 0 Å². The maximum absolute atomic E-state index is 6.02. The fourth-order valence-electron chi connectivity index (χ4n) is 5.00. The van der Waals surface area contributed by atoms with Gasteiger partial charge in [-0.2, -0.15) is 0 Å². The van der Waals surface area contributed by atoms with Gasteiger partial charge in [0.1, 0.15) is 0 Å². The molecule has 5 rings (SSSR count). The number of para-hydroxylation sites is 1. The zero-order chi connectivity index (χ0) is 18.2. The van der Waals surface area contributed by atoms with E-state index in [1.54, 1.807) is 0 Å². The van der Waals surface area contributed by atoms with Crippen LogP contribution in [0.25, 0.3) is 10.9 Å². The number of H-pyrrole nitrogens is 1. The minimum absolute atomic E-state index is 0.695. The second-order valence-electron chi connectivity index (χ2n) is 7.95. The molecule has 4 heteroatoms. The van der Waals surface area contributed by atoms with Gasteiger partial charge in [0.2, 0.25) is 0 Å². The molecule has 1 saturated carbocycles. The Morgan fingerprint density at radius 3 is 2.48 bits per heavy atom. The largest absolute Gasteiger partial charge is 0.369 e. The summed E-state index contributed by atoms with van der Waals surface area (Å²) < 4.78 is 0. The van der Waals surface area contributed by atoms with Crippen molar-refractivity contribution in [3.05, 3.63) is 65.3 Å². The Labute approximate surface area is 165 Å². The molecule has 1 aliphatic heterocycles. The lowest BCUT2D eigenvalue weighted by atomic mass is 9.97. The first-order valence-electron chi connectivity index (χ1n) is 10.1. The van der Waals surface area contributed by atoms with E-state index >= 15 is 0 Å². The summed E-state index contributed by atoms with van der Waals surface area (Å²) in [7, 11) is 0. The number of hydrogen-bond acceptors (Lipinski definition) is 2. The molecule has 140 valence electrons. The van der Waals surface area contributed by atoms with E-state index in [0.717, 1.165) is 37.2 Å². The van der Waals surface area contributed by atoms with E-state index in [-0.39, 0.29) is 0 Å². The normalized spacial score (nSPS) is 24.0. The zero-order valence-corrected chi connectivity index (χ0v) is 16.3. The van der Waals surface area contributed by atoms with E-state index < -0.39 is 0 Å². The van der Waals surface area contributed by atoms with Crippen LogP contribution in [0.15, 0.2) is 54.7 Å². The first kappa shape index (κ1) is 17.2. The van der Waals surface area contributed by atoms with Crippen molar-refractivity contribution in [2.75, 3.05) is 31.1 Å². The summed E-state index contributed by atoms with van der Waals surface area (Å²) in [6.45, 7) is 4.54. The summed E-state index contributed by atoms with van der Waals surface area (Å²) in [5.74, 6) is 0.695. The van der Waals surface area contributed by atoms with Gasteiger partial charge in [-0.15, -0.1) is 0 Å². The van der Waals surface area contributed by atoms with Crippen molar-refractivity contribution < 1.29 is 0 Å². The Hall–Kier alpha value is -1.97. The lowest BCUT2D eigenvalue weighted by Crippen LogP contribution is -2.49. The van der Waals surface area contributed by atoms with Crippen LogP contribution in [0.3, 0.4) is 0 Å². The second-order valence-corrected chi connectivity index (χ2v) is 8.39. The van der Waals surface area contributed by atoms with Crippen molar-refractivity contribution in [1.82, 2.24) is 9.88 Å². The van der Waals surface area contributed by atoms with Crippen molar-refractivity contribution in [2.24, 2.45) is 0 Å². The van der Waals surface area contributed by atoms with Crippen LogP contribution < -0.4 is 4.90 Å². The highest BCUT2D eigenvalue weighted by Crippen LogP contribution is 2.40. The molecule has 1 aromatic heterocycles. The van der Waals surface area contributed by atoms with Crippen LogP contribution >= 0.6 is 11.6 Å². The molecule has 1 N–H and O–H groups in total. The predicted octanol–water partition coefficient (Wildman–Crippen LogP) is 5.28. The summed E-state index contributed by atoms with van der Waals surface area (Å²) in [6, 6.07) is 17.7. The van der Waals surface area contributed by atoms with Crippen LogP contribution in [0.1, 0.15) is 30.7 Å². The van der Waals surface area contributed by atoms with Crippen molar-refractivity contribution in [2.45, 2.75) is 31.2 Å². The van der Waals surface area contributed by atoms with Crippen molar-refractivity contribution in [3.8, 4) is 0 Å². The number of nitrogens with one attached hydrogen (secondary N) is 1. The van der Waals surface area contributed by atoms with Gasteiger partial charge in [-0.25, -0.2) is 0 Å². The molecule has 3 nitrogen and oxygen atoms in total. The first-order chi connectivity index (χ1) is 13.3. The van der Waals surface area contributed by atoms with E-state index in [0.29, 0.717) is 5.92 Å². The maximum Gasteiger partial charge on any atom is 0.0456 e. The highest BCUT2D eigenvalue weighted by atomic mass is 35.5. The van der Waals surface area contributed by atoms with Crippen LogP contribution in [-0.4, -0.2) is 42.1 Å². The zero-order valence-electron chi connectivity index (χ0n) is 15.6. The second kappa shape index (κ2) is 7.21. The lowest BCUT2D eigenvalue weighted by molar-refractivity contribution is 0.186. The van der Waals surface area contributed by atoms with Gasteiger partial charge in [0.15, 0.2) is 0 Å². The van der Waals surface area contributed by atoms with Crippen molar-refractivity contribution >= 4 is 28.2 Å². The number of hydrogen-bond donors (Lipinski definition) is 1. The fraction of sp³-hybridized carbons (Fsp3) is 0.391. The third-order valence-corrected chi connectivity index (χ3v) is 6.74. The Kier molecular flexibility index (Phi) is 4.58. The molecule has 1 aliphatic carbocycles. The van der Waals surface area contributed by atoms with E-state index in [9.17, 15) is 0 Å². The molecule has 2 heterocycles. The summed E-state index contributed by atoms with van der Waals surface area (Å²) in [6.07, 6.45) is 6.17. The Morgan fingerprint density at radius 1 is 0.889 bits per heavy atom. The number of aromatic amines is 1. The van der Waals surface area contributed by atoms with Gasteiger partial charge in [-0.05, 0) is 61.1 Å². The van der Waals surface area contributed by atoms with Gasteiger partial charge in [0.25, 0.3) is 0 Å². The number of aromatic nitrogens is 1. The van der Waals surface area contributed by atoms with E-state index in [4.69, 9.17) is 11.6 Å². The van der Waals surface area contributed by atoms with E-state index in [1.165, 1.54) is 41.4 Å². The molecule has 0 spiro atoms. The fourth-order valence-corrected chi connectivity index (χ4v) is 5.13. The number of benzene rings is 2. The minimum atomic E-state index is 0.695. The molecule has 2 aromatic carbocycles. The Morgan fingerprint density at radius 2 is 1.67 bits per heavy atom. The van der Waals surface area contributed by atoms with Crippen molar-refractivity contribution in [3.63, 3.8) is 0 Å². The number of fused-ring (bicyclic) bond motifs is 1. The van der Waals surface area contributed by atoms with Crippen LogP contribution in [0.5, 0.6) is 0 Å². The minimum Gasteiger partial charge on any atom is -0.369 e. The van der Waals surface area contributed by atoms with Gasteiger partial charge >= 0.3 is 0 Å². The summed E-state index contributed by atoms with van der Waals surface area (Å²) in [4.78, 5) is 8.67.